The third-order valence-corrected chi connectivity index (χ3v) is 3.92. The molecule has 1 fully saturated rings. The van der Waals surface area contributed by atoms with Crippen molar-refractivity contribution in [3.63, 3.8) is 0 Å². The van der Waals surface area contributed by atoms with Crippen LogP contribution in [0.2, 0.25) is 0 Å². The van der Waals surface area contributed by atoms with Gasteiger partial charge < -0.3 is 19.9 Å². The summed E-state index contributed by atoms with van der Waals surface area (Å²) >= 11 is 0. The molecule has 1 aromatic rings. The molecule has 1 aliphatic carbocycles. The lowest BCUT2D eigenvalue weighted by atomic mass is 9.92. The molecule has 0 spiro atoms. The normalized spacial score (nSPS) is 21.7. The summed E-state index contributed by atoms with van der Waals surface area (Å²) in [5.74, 6) is 1.23. The minimum Gasteiger partial charge on any atom is -0.497 e. The minimum atomic E-state index is -0.430. The van der Waals surface area contributed by atoms with Crippen LogP contribution in [0.4, 0.5) is 0 Å². The van der Waals surface area contributed by atoms with Crippen LogP contribution < -0.4 is 14.8 Å². The van der Waals surface area contributed by atoms with Gasteiger partial charge in [0.2, 0.25) is 5.91 Å². The first-order valence-corrected chi connectivity index (χ1v) is 7.32. The van der Waals surface area contributed by atoms with E-state index in [2.05, 4.69) is 5.32 Å². The Morgan fingerprint density at radius 2 is 2.05 bits per heavy atom. The van der Waals surface area contributed by atoms with Gasteiger partial charge >= 0.3 is 0 Å². The average Bonchev–Trinajstić information content (AvgIpc) is 2.50. The van der Waals surface area contributed by atoms with Crippen LogP contribution in [0.1, 0.15) is 31.2 Å². The summed E-state index contributed by atoms with van der Waals surface area (Å²) in [5.41, 5.74) is 0.807. The van der Waals surface area contributed by atoms with Gasteiger partial charge in [-0.2, -0.15) is 0 Å². The molecule has 5 heteroatoms. The summed E-state index contributed by atoms with van der Waals surface area (Å²) < 4.78 is 10.4. The Morgan fingerprint density at radius 3 is 2.71 bits per heavy atom. The summed E-state index contributed by atoms with van der Waals surface area (Å²) in [6, 6.07) is 5.27. The second kappa shape index (κ2) is 7.31. The van der Waals surface area contributed by atoms with Crippen LogP contribution in [-0.2, 0) is 11.2 Å². The molecule has 0 heterocycles. The van der Waals surface area contributed by atoms with Gasteiger partial charge in [-0.05, 0) is 18.9 Å². The molecule has 0 aromatic heterocycles. The van der Waals surface area contributed by atoms with Crippen molar-refractivity contribution in [2.75, 3.05) is 14.2 Å². The van der Waals surface area contributed by atoms with Crippen LogP contribution in [0, 0.1) is 0 Å². The van der Waals surface area contributed by atoms with Gasteiger partial charge in [-0.15, -0.1) is 0 Å². The van der Waals surface area contributed by atoms with Crippen molar-refractivity contribution in [1.29, 1.82) is 0 Å². The van der Waals surface area contributed by atoms with Gasteiger partial charge in [-0.25, -0.2) is 0 Å². The molecule has 1 aliphatic rings. The molecule has 0 unspecified atom stereocenters. The lowest BCUT2D eigenvalue weighted by molar-refractivity contribution is -0.122. The second-order valence-electron chi connectivity index (χ2n) is 5.38. The largest absolute Gasteiger partial charge is 0.497 e. The Labute approximate surface area is 125 Å². The second-order valence-corrected chi connectivity index (χ2v) is 5.38. The maximum Gasteiger partial charge on any atom is 0.224 e. The Bertz CT molecular complexity index is 489. The molecular weight excluding hydrogens is 270 g/mol. The summed E-state index contributed by atoms with van der Waals surface area (Å²) in [5, 5.41) is 12.8. The van der Waals surface area contributed by atoms with Crippen LogP contribution in [0.3, 0.4) is 0 Å². The number of aliphatic hydroxyl groups is 1. The number of carbonyl (C=O) groups excluding carboxylic acids is 1. The molecule has 5 nitrogen and oxygen atoms in total. The minimum absolute atomic E-state index is 0.0931. The molecule has 2 atom stereocenters. The number of benzene rings is 1. The smallest absolute Gasteiger partial charge is 0.224 e. The summed E-state index contributed by atoms with van der Waals surface area (Å²) in [6.45, 7) is 0. The Balaban J connectivity index is 1.98. The third kappa shape index (κ3) is 4.11. The van der Waals surface area contributed by atoms with Gasteiger partial charge in [0, 0.05) is 11.6 Å². The first-order chi connectivity index (χ1) is 10.1. The highest BCUT2D eigenvalue weighted by atomic mass is 16.5. The van der Waals surface area contributed by atoms with Gasteiger partial charge in [0.25, 0.3) is 0 Å². The average molecular weight is 293 g/mol. The quantitative estimate of drug-likeness (QED) is 0.866. The van der Waals surface area contributed by atoms with E-state index in [9.17, 15) is 9.90 Å². The monoisotopic (exact) mass is 293 g/mol. The van der Waals surface area contributed by atoms with Crippen molar-refractivity contribution in [3.8, 4) is 11.5 Å². The first-order valence-electron chi connectivity index (χ1n) is 7.32. The van der Waals surface area contributed by atoms with Crippen molar-refractivity contribution in [1.82, 2.24) is 5.32 Å². The highest BCUT2D eigenvalue weighted by molar-refractivity contribution is 5.79. The molecule has 0 radical (unpaired) electrons. The SMILES string of the molecule is COc1ccc(CC(=O)N[C@H]2CCCC[C@@H]2O)c(OC)c1. The Kier molecular flexibility index (Phi) is 5.44. The highest BCUT2D eigenvalue weighted by Crippen LogP contribution is 2.25. The van der Waals surface area contributed by atoms with E-state index < -0.39 is 6.10 Å². The lowest BCUT2D eigenvalue weighted by Crippen LogP contribution is -2.45. The number of aliphatic hydroxyl groups excluding tert-OH is 1. The van der Waals surface area contributed by atoms with Crippen LogP contribution in [-0.4, -0.2) is 37.4 Å². The zero-order chi connectivity index (χ0) is 15.2. The van der Waals surface area contributed by atoms with Crippen molar-refractivity contribution in [3.05, 3.63) is 23.8 Å². The van der Waals surface area contributed by atoms with E-state index in [1.165, 1.54) is 0 Å². The summed E-state index contributed by atoms with van der Waals surface area (Å²) in [7, 11) is 3.16. The molecule has 1 aromatic carbocycles. The van der Waals surface area contributed by atoms with Gasteiger partial charge in [0.15, 0.2) is 0 Å². The first kappa shape index (κ1) is 15.6. The van der Waals surface area contributed by atoms with Crippen molar-refractivity contribution in [2.45, 2.75) is 44.2 Å². The standard InChI is InChI=1S/C16H23NO4/c1-20-12-8-7-11(15(10-12)21-2)9-16(19)17-13-5-3-4-6-14(13)18/h7-8,10,13-14,18H,3-6,9H2,1-2H3,(H,17,19)/t13-,14-/m0/s1. The molecule has 0 aliphatic heterocycles. The molecule has 2 rings (SSSR count). The van der Waals surface area contributed by atoms with Crippen molar-refractivity contribution < 1.29 is 19.4 Å². The molecule has 1 saturated carbocycles. The fraction of sp³-hybridized carbons (Fsp3) is 0.562. The third-order valence-electron chi connectivity index (χ3n) is 3.92. The number of hydrogen-bond donors (Lipinski definition) is 2. The molecule has 21 heavy (non-hydrogen) atoms. The fourth-order valence-electron chi connectivity index (χ4n) is 2.71. The van der Waals surface area contributed by atoms with Gasteiger partial charge in [0.1, 0.15) is 11.5 Å². The zero-order valence-corrected chi connectivity index (χ0v) is 12.6. The van der Waals surface area contributed by atoms with Crippen LogP contribution in [0.25, 0.3) is 0 Å². The van der Waals surface area contributed by atoms with Gasteiger partial charge in [-0.3, -0.25) is 4.79 Å². The number of ether oxygens (including phenoxy) is 2. The molecule has 0 bridgehead atoms. The van der Waals surface area contributed by atoms with E-state index in [0.29, 0.717) is 11.5 Å². The highest BCUT2D eigenvalue weighted by Gasteiger charge is 2.24. The van der Waals surface area contributed by atoms with Crippen LogP contribution >= 0.6 is 0 Å². The predicted molar refractivity (Wildman–Crippen MR) is 79.7 cm³/mol. The maximum absolute atomic E-state index is 12.1. The zero-order valence-electron chi connectivity index (χ0n) is 12.6. The molecule has 116 valence electrons. The van der Waals surface area contributed by atoms with Crippen molar-refractivity contribution >= 4 is 5.91 Å². The van der Waals surface area contributed by atoms with E-state index in [-0.39, 0.29) is 18.4 Å². The topological polar surface area (TPSA) is 67.8 Å². The maximum atomic E-state index is 12.1. The molecule has 1 amide bonds. The van der Waals surface area contributed by atoms with E-state index in [4.69, 9.17) is 9.47 Å². The van der Waals surface area contributed by atoms with E-state index in [0.717, 1.165) is 31.2 Å². The summed E-state index contributed by atoms with van der Waals surface area (Å²) in [4.78, 5) is 12.1. The molecule has 0 saturated heterocycles. The Morgan fingerprint density at radius 1 is 1.29 bits per heavy atom. The number of hydrogen-bond acceptors (Lipinski definition) is 4. The van der Waals surface area contributed by atoms with Crippen LogP contribution in [0.15, 0.2) is 18.2 Å². The van der Waals surface area contributed by atoms with Crippen molar-refractivity contribution in [2.24, 2.45) is 0 Å². The Hall–Kier alpha value is -1.75. The molecule has 2 N–H and O–H groups in total. The number of carbonyl (C=O) groups is 1. The number of rotatable bonds is 5. The van der Waals surface area contributed by atoms with E-state index in [1.807, 2.05) is 6.07 Å². The van der Waals surface area contributed by atoms with Crippen LogP contribution in [0.5, 0.6) is 11.5 Å². The number of nitrogens with one attached hydrogen (secondary N) is 1. The van der Waals surface area contributed by atoms with Gasteiger partial charge in [0.05, 0.1) is 32.8 Å². The number of amides is 1. The van der Waals surface area contributed by atoms with E-state index in [1.54, 1.807) is 26.4 Å². The summed E-state index contributed by atoms with van der Waals surface area (Å²) in [6.07, 6.45) is 3.48. The fourth-order valence-corrected chi connectivity index (χ4v) is 2.71. The lowest BCUT2D eigenvalue weighted by Gasteiger charge is -2.28. The van der Waals surface area contributed by atoms with E-state index >= 15 is 0 Å². The molecular formula is C16H23NO4. The van der Waals surface area contributed by atoms with Gasteiger partial charge in [-0.1, -0.05) is 18.9 Å². The predicted octanol–water partition coefficient (Wildman–Crippen LogP) is 1.67. The number of methoxy groups -OCH3 is 2.